The number of aliphatic hydroxyl groups is 1. The predicted octanol–water partition coefficient (Wildman–Crippen LogP) is 7.22. The SMILES string of the molecule is COC(=O)[C@@H](NC(=O)N1C(=O)[C@@]2(c3cc(C#Cc4ccc(OC)cc4)ccc31)[C@H](C(=O)NC[C@H](O)c1ccccc1)[C@H]1C(=O)O[C@H](c3ccccc3)[C@H](c3ccccc3)N1[C@@H]2c1ccc(O)cc1)C(C)C. The number of anilines is 1. The van der Waals surface area contributed by atoms with Crippen LogP contribution < -0.4 is 20.3 Å². The molecule has 8 atom stereocenters. The van der Waals surface area contributed by atoms with Crippen molar-refractivity contribution < 1.29 is 48.4 Å². The summed E-state index contributed by atoms with van der Waals surface area (Å²) in [7, 11) is 2.76. The van der Waals surface area contributed by atoms with Gasteiger partial charge in [-0.25, -0.2) is 14.5 Å². The lowest BCUT2D eigenvalue weighted by Crippen LogP contribution is -2.58. The molecule has 0 bridgehead atoms. The molecule has 3 aliphatic rings. The number of methoxy groups -OCH3 is 2. The Morgan fingerprint density at radius 2 is 1.35 bits per heavy atom. The highest BCUT2D eigenvalue weighted by Gasteiger charge is 2.75. The second-order valence-electron chi connectivity index (χ2n) is 18.1. The molecule has 2 fully saturated rings. The zero-order valence-electron chi connectivity index (χ0n) is 39.4. The van der Waals surface area contributed by atoms with Crippen LogP contribution in [0.15, 0.2) is 158 Å². The molecule has 4 N–H and O–H groups in total. The molecular formula is C57H52N4O10. The topological polar surface area (TPSA) is 184 Å². The van der Waals surface area contributed by atoms with E-state index < -0.39 is 83.4 Å². The number of carbonyl (C=O) groups is 5. The third kappa shape index (κ3) is 8.75. The number of fused-ring (bicyclic) bond motifs is 3. The number of nitrogens with one attached hydrogen (secondary N) is 2. The molecule has 9 rings (SSSR count). The molecule has 0 saturated carbocycles. The molecule has 3 aliphatic heterocycles. The lowest BCUT2D eigenvalue weighted by molar-refractivity contribution is -0.178. The number of rotatable bonds is 11. The summed E-state index contributed by atoms with van der Waals surface area (Å²) in [5.41, 5.74) is 1.40. The van der Waals surface area contributed by atoms with Gasteiger partial charge >= 0.3 is 18.0 Å². The number of carbonyl (C=O) groups excluding carboxylic acids is 5. The van der Waals surface area contributed by atoms with Gasteiger partial charge in [0.05, 0.1) is 44.0 Å². The second-order valence-corrected chi connectivity index (χ2v) is 18.1. The van der Waals surface area contributed by atoms with Gasteiger partial charge in [0.2, 0.25) is 11.8 Å². The summed E-state index contributed by atoms with van der Waals surface area (Å²) in [6.07, 6.45) is -2.18. The molecule has 6 aromatic rings. The number of hydrogen-bond acceptors (Lipinski definition) is 11. The number of ether oxygens (including phenoxy) is 3. The molecule has 4 amide bonds. The lowest BCUT2D eigenvalue weighted by atomic mass is 9.65. The number of phenols is 1. The Labute approximate surface area is 411 Å². The summed E-state index contributed by atoms with van der Waals surface area (Å²) in [5.74, 6) is 1.55. The van der Waals surface area contributed by atoms with E-state index in [0.717, 1.165) is 4.90 Å². The van der Waals surface area contributed by atoms with Crippen molar-refractivity contribution in [3.8, 4) is 23.3 Å². The zero-order valence-corrected chi connectivity index (χ0v) is 39.4. The third-order valence-corrected chi connectivity index (χ3v) is 13.6. The van der Waals surface area contributed by atoms with Crippen LogP contribution in [0.25, 0.3) is 0 Å². The van der Waals surface area contributed by atoms with Crippen molar-refractivity contribution in [2.24, 2.45) is 11.8 Å². The molecule has 71 heavy (non-hydrogen) atoms. The molecule has 14 nitrogen and oxygen atoms in total. The smallest absolute Gasteiger partial charge is 0.329 e. The van der Waals surface area contributed by atoms with Gasteiger partial charge in [-0.1, -0.05) is 129 Å². The van der Waals surface area contributed by atoms with Crippen LogP contribution in [0.2, 0.25) is 0 Å². The largest absolute Gasteiger partial charge is 0.508 e. The number of nitrogens with zero attached hydrogens (tertiary/aromatic N) is 2. The van der Waals surface area contributed by atoms with Crippen LogP contribution in [0.3, 0.4) is 0 Å². The van der Waals surface area contributed by atoms with Crippen LogP contribution in [0.5, 0.6) is 11.5 Å². The van der Waals surface area contributed by atoms with Gasteiger partial charge in [0.25, 0.3) is 0 Å². The number of cyclic esters (lactones) is 1. The first-order valence-corrected chi connectivity index (χ1v) is 23.3. The Balaban J connectivity index is 1.33. The van der Waals surface area contributed by atoms with E-state index in [1.54, 1.807) is 106 Å². The number of morpholine rings is 1. The van der Waals surface area contributed by atoms with Gasteiger partial charge in [0.15, 0.2) is 0 Å². The number of urea groups is 1. The van der Waals surface area contributed by atoms with Gasteiger partial charge in [0.1, 0.15) is 35.1 Å². The van der Waals surface area contributed by atoms with Crippen LogP contribution in [0.4, 0.5) is 10.5 Å². The molecule has 0 radical (unpaired) electrons. The highest BCUT2D eigenvalue weighted by Crippen LogP contribution is 2.66. The Morgan fingerprint density at radius 3 is 1.97 bits per heavy atom. The monoisotopic (exact) mass is 952 g/mol. The molecule has 3 heterocycles. The fraction of sp³-hybridized carbons (Fsp3) is 0.246. The number of benzene rings is 6. The second kappa shape index (κ2) is 20.0. The van der Waals surface area contributed by atoms with Crippen LogP contribution in [0, 0.1) is 23.7 Å². The first kappa shape index (κ1) is 47.8. The quantitative estimate of drug-likeness (QED) is 0.0760. The van der Waals surface area contributed by atoms with E-state index in [1.165, 1.54) is 19.2 Å². The number of amides is 4. The average molecular weight is 953 g/mol. The van der Waals surface area contributed by atoms with E-state index in [4.69, 9.17) is 14.2 Å². The zero-order chi connectivity index (χ0) is 50.0. The van der Waals surface area contributed by atoms with Crippen LogP contribution in [-0.4, -0.2) is 77.7 Å². The normalized spacial score (nSPS) is 22.1. The van der Waals surface area contributed by atoms with Crippen molar-refractivity contribution >= 4 is 35.5 Å². The summed E-state index contributed by atoms with van der Waals surface area (Å²) >= 11 is 0. The lowest BCUT2D eigenvalue weighted by Gasteiger charge is -2.46. The number of aromatic hydroxyl groups is 1. The highest BCUT2D eigenvalue weighted by molar-refractivity contribution is 6.25. The average Bonchev–Trinajstić information content (AvgIpc) is 3.85. The van der Waals surface area contributed by atoms with Crippen LogP contribution in [0.1, 0.15) is 77.1 Å². The minimum atomic E-state index is -2.18. The van der Waals surface area contributed by atoms with E-state index in [2.05, 4.69) is 22.5 Å². The minimum absolute atomic E-state index is 0.0739. The summed E-state index contributed by atoms with van der Waals surface area (Å²) in [5, 5.41) is 27.9. The van der Waals surface area contributed by atoms with Gasteiger partial charge in [-0.05, 0) is 88.3 Å². The van der Waals surface area contributed by atoms with Gasteiger partial charge in [-0.3, -0.25) is 19.3 Å². The molecule has 2 saturated heterocycles. The third-order valence-electron chi connectivity index (χ3n) is 13.6. The molecule has 360 valence electrons. The van der Waals surface area contributed by atoms with Crippen molar-refractivity contribution in [1.29, 1.82) is 0 Å². The summed E-state index contributed by atoms with van der Waals surface area (Å²) in [4.78, 5) is 78.8. The summed E-state index contributed by atoms with van der Waals surface area (Å²) in [6, 6.07) is 39.6. The van der Waals surface area contributed by atoms with E-state index in [1.807, 2.05) is 65.6 Å². The maximum Gasteiger partial charge on any atom is 0.329 e. The molecule has 1 spiro atoms. The van der Waals surface area contributed by atoms with E-state index >= 15 is 19.2 Å². The Morgan fingerprint density at radius 1 is 0.746 bits per heavy atom. The predicted molar refractivity (Wildman–Crippen MR) is 263 cm³/mol. The summed E-state index contributed by atoms with van der Waals surface area (Å²) in [6.45, 7) is 3.12. The molecule has 14 heteroatoms. The first-order chi connectivity index (χ1) is 34.4. The van der Waals surface area contributed by atoms with Crippen molar-refractivity contribution in [2.45, 2.75) is 55.6 Å². The summed E-state index contributed by atoms with van der Waals surface area (Å²) < 4.78 is 17.0. The van der Waals surface area contributed by atoms with Crippen LogP contribution >= 0.6 is 0 Å². The number of imide groups is 1. The number of aliphatic hydroxyl groups excluding tert-OH is 1. The number of phenolic OH excluding ortho intramolecular Hbond substituents is 1. The molecule has 6 aromatic carbocycles. The van der Waals surface area contributed by atoms with Gasteiger partial charge < -0.3 is 35.1 Å². The van der Waals surface area contributed by atoms with Gasteiger partial charge in [0, 0.05) is 17.7 Å². The number of esters is 2. The molecule has 0 aliphatic carbocycles. The maximum absolute atomic E-state index is 16.6. The van der Waals surface area contributed by atoms with Gasteiger partial charge in [-0.15, -0.1) is 0 Å². The van der Waals surface area contributed by atoms with Crippen molar-refractivity contribution in [2.75, 3.05) is 25.7 Å². The minimum Gasteiger partial charge on any atom is -0.508 e. The Bertz CT molecular complexity index is 3010. The first-order valence-electron chi connectivity index (χ1n) is 23.3. The van der Waals surface area contributed by atoms with Crippen LogP contribution in [-0.2, 0) is 34.1 Å². The van der Waals surface area contributed by atoms with Crippen molar-refractivity contribution in [3.05, 3.63) is 197 Å². The fourth-order valence-electron chi connectivity index (χ4n) is 10.4. The highest BCUT2D eigenvalue weighted by atomic mass is 16.6. The van der Waals surface area contributed by atoms with E-state index in [9.17, 15) is 15.0 Å². The fourth-order valence-corrected chi connectivity index (χ4v) is 10.4. The van der Waals surface area contributed by atoms with Crippen molar-refractivity contribution in [3.63, 3.8) is 0 Å². The number of hydrogen-bond donors (Lipinski definition) is 4. The molecule has 0 unspecified atom stereocenters. The van der Waals surface area contributed by atoms with E-state index in [0.29, 0.717) is 39.1 Å². The van der Waals surface area contributed by atoms with Gasteiger partial charge in [-0.2, -0.15) is 0 Å². The van der Waals surface area contributed by atoms with Crippen molar-refractivity contribution in [1.82, 2.24) is 15.5 Å². The molecule has 0 aromatic heterocycles. The standard InChI is InChI=1S/C57H52N4O10/c1-34(2)47(53(65)70-4)59-56(68)60-44-31-24-36(21-20-35-22-29-42(69-3)30-23-35)32-43(44)57(55(60)67)46(52(64)58-33-45(63)37-14-8-5-9-15-37)49-54(66)71-50(39-18-12-7-13-19-39)48(38-16-10-6-11-17-38)61(49)51(57)40-25-27-41(62)28-26-40/h5-19,22-32,34,45-51,62-63H,33H2,1-4H3,(H,58,64)(H,59,68)/t45-,46-,47-,48-,49-,50+,51+,57-/m0/s1. The molecular weight excluding hydrogens is 901 g/mol. The maximum atomic E-state index is 16.6. The Hall–Kier alpha value is -8.25. The van der Waals surface area contributed by atoms with E-state index in [-0.39, 0.29) is 23.5 Å². The Kier molecular flexibility index (Phi) is 13.5.